The van der Waals surface area contributed by atoms with Crippen LogP contribution in [0.5, 0.6) is 0 Å². The lowest BCUT2D eigenvalue weighted by Crippen LogP contribution is -2.05. The Hall–Kier alpha value is -1.72. The molecular formula is C13H7F6. The molecule has 2 aromatic carbocycles. The van der Waals surface area contributed by atoms with Crippen molar-refractivity contribution in [1.29, 1.82) is 0 Å². The van der Waals surface area contributed by atoms with E-state index < -0.39 is 51.2 Å². The highest BCUT2D eigenvalue weighted by Crippen LogP contribution is 2.33. The van der Waals surface area contributed by atoms with Gasteiger partial charge in [-0.2, -0.15) is 0 Å². The quantitative estimate of drug-likeness (QED) is 0.432. The summed E-state index contributed by atoms with van der Waals surface area (Å²) in [6.45, 7) is 3.40. The van der Waals surface area contributed by atoms with Gasteiger partial charge < -0.3 is 0 Å². The van der Waals surface area contributed by atoms with Crippen LogP contribution >= 0.6 is 0 Å². The van der Waals surface area contributed by atoms with Crippen molar-refractivity contribution in [2.75, 3.05) is 0 Å². The van der Waals surface area contributed by atoms with E-state index in [0.29, 0.717) is 6.07 Å². The summed E-state index contributed by atoms with van der Waals surface area (Å²) >= 11 is 0. The number of fused-ring (bicyclic) bond motifs is 1. The molecule has 2 rings (SSSR count). The molecule has 0 aliphatic rings. The van der Waals surface area contributed by atoms with Gasteiger partial charge >= 0.3 is 0 Å². The average Bonchev–Trinajstić information content (AvgIpc) is 2.36. The molecule has 19 heavy (non-hydrogen) atoms. The highest BCUT2D eigenvalue weighted by atomic mass is 19.2. The Bertz CT molecular complexity index is 662. The number of benzene rings is 2. The third-order valence-electron chi connectivity index (χ3n) is 2.78. The molecule has 0 amide bonds. The van der Waals surface area contributed by atoms with E-state index >= 15 is 0 Å². The Balaban J connectivity index is 3.05. The minimum atomic E-state index is -2.13. The van der Waals surface area contributed by atoms with Crippen LogP contribution in [0.3, 0.4) is 0 Å². The van der Waals surface area contributed by atoms with Crippen molar-refractivity contribution in [3.63, 3.8) is 0 Å². The van der Waals surface area contributed by atoms with Crippen LogP contribution in [0.4, 0.5) is 26.3 Å². The first-order valence-corrected chi connectivity index (χ1v) is 5.31. The van der Waals surface area contributed by atoms with E-state index in [1.54, 1.807) is 0 Å². The van der Waals surface area contributed by atoms with E-state index in [1.165, 1.54) is 0 Å². The molecule has 0 heterocycles. The largest absolute Gasteiger partial charge is 0.207 e. The third kappa shape index (κ3) is 1.95. The molecule has 0 unspecified atom stereocenters. The van der Waals surface area contributed by atoms with Crippen LogP contribution in [0, 0.1) is 41.8 Å². The zero-order chi connectivity index (χ0) is 14.3. The molecule has 101 valence electrons. The Morgan fingerprint density at radius 1 is 0.737 bits per heavy atom. The minimum Gasteiger partial charge on any atom is -0.207 e. The molecule has 2 aromatic rings. The van der Waals surface area contributed by atoms with Gasteiger partial charge in [0.15, 0.2) is 23.3 Å². The molecule has 6 heteroatoms. The summed E-state index contributed by atoms with van der Waals surface area (Å²) in [5.74, 6) is -10.6. The summed E-state index contributed by atoms with van der Waals surface area (Å²) in [6.07, 6.45) is -0.0677. The summed E-state index contributed by atoms with van der Waals surface area (Å²) in [4.78, 5) is 0. The first kappa shape index (κ1) is 13.7. The Morgan fingerprint density at radius 3 is 1.79 bits per heavy atom. The molecule has 0 spiro atoms. The van der Waals surface area contributed by atoms with Gasteiger partial charge in [0.05, 0.1) is 5.39 Å². The van der Waals surface area contributed by atoms with Crippen LogP contribution in [0.15, 0.2) is 6.07 Å². The van der Waals surface area contributed by atoms with Gasteiger partial charge in [-0.25, -0.2) is 26.3 Å². The van der Waals surface area contributed by atoms with Crippen LogP contribution < -0.4 is 0 Å². The maximum atomic E-state index is 13.6. The lowest BCUT2D eigenvalue weighted by atomic mass is 9.98. The molecule has 0 nitrogen and oxygen atoms in total. The second-order valence-electron chi connectivity index (χ2n) is 3.93. The summed E-state index contributed by atoms with van der Waals surface area (Å²) in [6, 6.07) is 0.313. The number of rotatable bonds is 2. The lowest BCUT2D eigenvalue weighted by molar-refractivity contribution is 0.415. The molecule has 0 atom stereocenters. The van der Waals surface area contributed by atoms with Crippen molar-refractivity contribution in [2.45, 2.75) is 12.8 Å². The normalized spacial score (nSPS) is 11.3. The molecule has 0 N–H and O–H groups in total. The molecule has 0 fully saturated rings. The van der Waals surface area contributed by atoms with E-state index in [2.05, 4.69) is 6.92 Å². The zero-order valence-corrected chi connectivity index (χ0v) is 9.47. The molecule has 1 radical (unpaired) electrons. The van der Waals surface area contributed by atoms with Gasteiger partial charge in [0.25, 0.3) is 0 Å². The molecule has 0 aromatic heterocycles. The molecule has 0 saturated heterocycles. The van der Waals surface area contributed by atoms with Gasteiger partial charge in [-0.1, -0.05) is 6.92 Å². The average molecular weight is 277 g/mol. The second kappa shape index (κ2) is 4.75. The molecule has 0 aliphatic heterocycles. The van der Waals surface area contributed by atoms with E-state index in [0.717, 1.165) is 0 Å². The monoisotopic (exact) mass is 277 g/mol. The first-order valence-electron chi connectivity index (χ1n) is 5.31. The third-order valence-corrected chi connectivity index (χ3v) is 2.78. The van der Waals surface area contributed by atoms with Gasteiger partial charge in [0, 0.05) is 11.5 Å². The second-order valence-corrected chi connectivity index (χ2v) is 3.93. The van der Waals surface area contributed by atoms with Gasteiger partial charge in [0.2, 0.25) is 0 Å². The van der Waals surface area contributed by atoms with Crippen molar-refractivity contribution < 1.29 is 26.3 Å². The van der Waals surface area contributed by atoms with Crippen molar-refractivity contribution in [2.24, 2.45) is 0 Å². The van der Waals surface area contributed by atoms with Gasteiger partial charge in [0.1, 0.15) is 11.6 Å². The zero-order valence-electron chi connectivity index (χ0n) is 9.47. The van der Waals surface area contributed by atoms with Gasteiger partial charge in [-0.3, -0.25) is 0 Å². The number of halogens is 6. The summed E-state index contributed by atoms with van der Waals surface area (Å²) in [7, 11) is 0. The van der Waals surface area contributed by atoms with Gasteiger partial charge in [-0.05, 0) is 18.4 Å². The Morgan fingerprint density at radius 2 is 1.26 bits per heavy atom. The van der Waals surface area contributed by atoms with E-state index in [-0.39, 0.29) is 12.8 Å². The van der Waals surface area contributed by atoms with Crippen molar-refractivity contribution in [3.8, 4) is 0 Å². The smallest absolute Gasteiger partial charge is 0.198 e. The van der Waals surface area contributed by atoms with Crippen molar-refractivity contribution in [1.82, 2.24) is 0 Å². The fourth-order valence-corrected chi connectivity index (χ4v) is 1.95. The predicted octanol–water partition coefficient (Wildman–Crippen LogP) is 4.44. The standard InChI is InChI=1S/C13H7F6/c1-2-3-5-6(14)4-7(15)9-8(5)10(16)12(18)13(19)11(9)17/h4H,1-3H2. The van der Waals surface area contributed by atoms with Crippen molar-refractivity contribution in [3.05, 3.63) is 53.5 Å². The summed E-state index contributed by atoms with van der Waals surface area (Å²) < 4.78 is 80.4. The fourth-order valence-electron chi connectivity index (χ4n) is 1.95. The summed E-state index contributed by atoms with van der Waals surface area (Å²) in [5.41, 5.74) is -0.429. The molecular weight excluding hydrogens is 270 g/mol. The van der Waals surface area contributed by atoms with Crippen LogP contribution in [-0.4, -0.2) is 0 Å². The maximum absolute atomic E-state index is 13.6. The topological polar surface area (TPSA) is 0 Å². The summed E-state index contributed by atoms with van der Waals surface area (Å²) in [5, 5.41) is -2.02. The highest BCUT2D eigenvalue weighted by molar-refractivity contribution is 5.88. The van der Waals surface area contributed by atoms with E-state index in [1.807, 2.05) is 0 Å². The SMILES string of the molecule is [CH2]CCc1c(F)cc(F)c2c(F)c(F)c(F)c(F)c12. The molecule has 0 bridgehead atoms. The number of hydrogen-bond donors (Lipinski definition) is 0. The van der Waals surface area contributed by atoms with Crippen LogP contribution in [-0.2, 0) is 6.42 Å². The van der Waals surface area contributed by atoms with E-state index in [9.17, 15) is 26.3 Å². The number of hydrogen-bond acceptors (Lipinski definition) is 0. The molecule has 0 aliphatic carbocycles. The van der Waals surface area contributed by atoms with Crippen molar-refractivity contribution >= 4 is 10.8 Å². The minimum absolute atomic E-state index is 0.0949. The molecule has 0 saturated carbocycles. The Labute approximate surface area is 104 Å². The van der Waals surface area contributed by atoms with Gasteiger partial charge in [-0.15, -0.1) is 0 Å². The van der Waals surface area contributed by atoms with E-state index in [4.69, 9.17) is 0 Å². The highest BCUT2D eigenvalue weighted by Gasteiger charge is 2.26. The van der Waals surface area contributed by atoms with Crippen LogP contribution in [0.1, 0.15) is 12.0 Å². The predicted molar refractivity (Wildman–Crippen MR) is 57.4 cm³/mol. The maximum Gasteiger partial charge on any atom is 0.198 e. The Kier molecular flexibility index (Phi) is 3.43. The van der Waals surface area contributed by atoms with Crippen LogP contribution in [0.2, 0.25) is 0 Å². The van der Waals surface area contributed by atoms with Crippen LogP contribution in [0.25, 0.3) is 10.8 Å². The number of aryl methyl sites for hydroxylation is 1. The first-order chi connectivity index (χ1) is 8.90. The fraction of sp³-hybridized carbons (Fsp3) is 0.154. The lowest BCUT2D eigenvalue weighted by Gasteiger charge is -2.11.